The Hall–Kier alpha value is -2.90. The highest BCUT2D eigenvalue weighted by molar-refractivity contribution is 6.12. The van der Waals surface area contributed by atoms with Crippen LogP contribution >= 0.6 is 0 Å². The van der Waals surface area contributed by atoms with E-state index in [4.69, 9.17) is 4.42 Å². The lowest BCUT2D eigenvalue weighted by Crippen LogP contribution is -2.17. The van der Waals surface area contributed by atoms with Crippen molar-refractivity contribution < 1.29 is 9.21 Å². The molecule has 0 spiro atoms. The molecule has 0 bridgehead atoms. The minimum Gasteiger partial charge on any atom is -0.442 e. The van der Waals surface area contributed by atoms with Crippen molar-refractivity contribution in [2.75, 3.05) is 5.32 Å². The Balaban J connectivity index is 2.06. The molecule has 1 amide bonds. The van der Waals surface area contributed by atoms with Crippen molar-refractivity contribution in [3.8, 4) is 0 Å². The molecule has 0 saturated carbocycles. The Morgan fingerprint density at radius 1 is 1.48 bits per heavy atom. The second-order valence-electron chi connectivity index (χ2n) is 4.52. The number of anilines is 1. The third-order valence-electron chi connectivity index (χ3n) is 3.23. The number of hydrogen-bond donors (Lipinski definition) is 3. The van der Waals surface area contributed by atoms with Crippen LogP contribution in [0, 0.1) is 6.92 Å². The summed E-state index contributed by atoms with van der Waals surface area (Å²) in [5.74, 6) is 0.407. The lowest BCUT2D eigenvalue weighted by molar-refractivity contribution is 0.102. The molecular weight excluding hydrogens is 274 g/mol. The number of nitrogens with one attached hydrogen (secondary N) is 3. The fraction of sp³-hybridized carbons (Fsp3) is 0.231. The molecule has 0 aliphatic carbocycles. The summed E-state index contributed by atoms with van der Waals surface area (Å²) in [6, 6.07) is 0. The number of hydrogen-bond acceptors (Lipinski definition) is 5. The molecule has 0 aliphatic heterocycles. The van der Waals surface area contributed by atoms with Crippen LogP contribution in [0.5, 0.6) is 0 Å². The largest absolute Gasteiger partial charge is 0.442 e. The number of nitrogens with zero attached hydrogens (tertiary/aromatic N) is 2. The van der Waals surface area contributed by atoms with Crippen molar-refractivity contribution in [2.24, 2.45) is 0 Å². The number of aromatic amines is 2. The maximum Gasteiger partial charge on any atom is 0.262 e. The van der Waals surface area contributed by atoms with Crippen LogP contribution in [-0.4, -0.2) is 26.1 Å². The highest BCUT2D eigenvalue weighted by Gasteiger charge is 2.22. The van der Waals surface area contributed by atoms with Gasteiger partial charge in [0.15, 0.2) is 0 Å². The van der Waals surface area contributed by atoms with Gasteiger partial charge in [0.25, 0.3) is 11.5 Å². The fourth-order valence-electron chi connectivity index (χ4n) is 2.19. The first-order valence-corrected chi connectivity index (χ1v) is 6.42. The number of carbonyl (C=O) groups is 1. The molecule has 8 nitrogen and oxygen atoms in total. The second-order valence-corrected chi connectivity index (χ2v) is 4.52. The third-order valence-corrected chi connectivity index (χ3v) is 3.23. The van der Waals surface area contributed by atoms with Gasteiger partial charge >= 0.3 is 0 Å². The summed E-state index contributed by atoms with van der Waals surface area (Å²) in [6.07, 6.45) is 3.60. The van der Waals surface area contributed by atoms with Gasteiger partial charge < -0.3 is 14.7 Å². The summed E-state index contributed by atoms with van der Waals surface area (Å²) in [6.45, 7) is 3.57. The van der Waals surface area contributed by atoms with E-state index >= 15 is 0 Å². The molecule has 108 valence electrons. The number of H-pyrrole nitrogens is 2. The fourth-order valence-corrected chi connectivity index (χ4v) is 2.19. The molecule has 0 unspecified atom stereocenters. The average molecular weight is 287 g/mol. The first kappa shape index (κ1) is 13.1. The van der Waals surface area contributed by atoms with Crippen molar-refractivity contribution in [1.29, 1.82) is 0 Å². The summed E-state index contributed by atoms with van der Waals surface area (Å²) < 4.78 is 5.36. The molecule has 0 saturated heterocycles. The summed E-state index contributed by atoms with van der Waals surface area (Å²) in [5.41, 5.74) is 0.779. The zero-order valence-electron chi connectivity index (χ0n) is 11.5. The monoisotopic (exact) mass is 287 g/mol. The molecule has 3 aromatic rings. The maximum absolute atomic E-state index is 12.4. The normalized spacial score (nSPS) is 11.0. The van der Waals surface area contributed by atoms with Gasteiger partial charge in [-0.2, -0.15) is 5.10 Å². The van der Waals surface area contributed by atoms with Crippen LogP contribution in [0.25, 0.3) is 11.1 Å². The van der Waals surface area contributed by atoms with Crippen LogP contribution in [0.15, 0.2) is 21.7 Å². The van der Waals surface area contributed by atoms with Gasteiger partial charge in [0.1, 0.15) is 17.0 Å². The van der Waals surface area contributed by atoms with Gasteiger partial charge in [-0.25, -0.2) is 4.98 Å². The topological polar surface area (TPSA) is 117 Å². The number of carbonyl (C=O) groups excluding carboxylic acids is 1. The molecule has 21 heavy (non-hydrogen) atoms. The Kier molecular flexibility index (Phi) is 3.05. The van der Waals surface area contributed by atoms with Gasteiger partial charge in [0, 0.05) is 5.56 Å². The number of aryl methyl sites for hydroxylation is 2. The van der Waals surface area contributed by atoms with Gasteiger partial charge in [-0.05, 0) is 13.3 Å². The molecule has 3 N–H and O–H groups in total. The van der Waals surface area contributed by atoms with Crippen LogP contribution < -0.4 is 10.9 Å². The van der Waals surface area contributed by atoms with Crippen molar-refractivity contribution in [3.63, 3.8) is 0 Å². The molecule has 0 aliphatic rings. The van der Waals surface area contributed by atoms with E-state index in [1.54, 1.807) is 13.1 Å². The van der Waals surface area contributed by atoms with E-state index in [0.29, 0.717) is 11.6 Å². The summed E-state index contributed by atoms with van der Waals surface area (Å²) in [4.78, 5) is 30.7. The molecular formula is C13H13N5O3. The van der Waals surface area contributed by atoms with Gasteiger partial charge in [-0.1, -0.05) is 6.92 Å². The lowest BCUT2D eigenvalue weighted by atomic mass is 10.1. The van der Waals surface area contributed by atoms with Crippen molar-refractivity contribution in [1.82, 2.24) is 20.2 Å². The highest BCUT2D eigenvalue weighted by Crippen LogP contribution is 2.22. The molecule has 3 heterocycles. The van der Waals surface area contributed by atoms with E-state index in [2.05, 4.69) is 25.5 Å². The van der Waals surface area contributed by atoms with Gasteiger partial charge in [0.2, 0.25) is 5.71 Å². The number of furan rings is 1. The van der Waals surface area contributed by atoms with Crippen LogP contribution in [0.1, 0.15) is 28.6 Å². The van der Waals surface area contributed by atoms with Crippen LogP contribution in [0.4, 0.5) is 5.82 Å². The molecule has 0 aromatic carbocycles. The molecule has 8 heteroatoms. The van der Waals surface area contributed by atoms with E-state index in [9.17, 15) is 9.59 Å². The predicted octanol–water partition coefficient (Wildman–Crippen LogP) is 1.36. The van der Waals surface area contributed by atoms with Crippen LogP contribution in [0.3, 0.4) is 0 Å². The van der Waals surface area contributed by atoms with E-state index in [0.717, 1.165) is 12.0 Å². The Labute approximate surface area is 118 Å². The van der Waals surface area contributed by atoms with Crippen LogP contribution in [-0.2, 0) is 6.42 Å². The third kappa shape index (κ3) is 2.10. The second kappa shape index (κ2) is 4.89. The van der Waals surface area contributed by atoms with E-state index < -0.39 is 11.5 Å². The number of fused-ring (bicyclic) bond motifs is 1. The highest BCUT2D eigenvalue weighted by atomic mass is 16.3. The number of rotatable bonds is 3. The minimum absolute atomic E-state index is 0.140. The zero-order chi connectivity index (χ0) is 15.0. The Morgan fingerprint density at radius 2 is 2.29 bits per heavy atom. The van der Waals surface area contributed by atoms with Gasteiger partial charge in [-0.15, -0.1) is 0 Å². The smallest absolute Gasteiger partial charge is 0.262 e. The van der Waals surface area contributed by atoms with E-state index in [1.807, 2.05) is 6.92 Å². The predicted molar refractivity (Wildman–Crippen MR) is 75.3 cm³/mol. The van der Waals surface area contributed by atoms with E-state index in [-0.39, 0.29) is 16.7 Å². The summed E-state index contributed by atoms with van der Waals surface area (Å²) in [7, 11) is 0. The molecule has 0 radical (unpaired) electrons. The molecule has 3 rings (SSSR count). The minimum atomic E-state index is -0.441. The standard InChI is InChI=1S/C13H13N5O3/c1-3-7-4-16-18-10(7)17-12(20)8-6(2)21-13-9(8)11(19)14-5-15-13/h4-5H,3H2,1-2H3,(H,14,15,19)(H2,16,17,18,20). The average Bonchev–Trinajstić information content (AvgIpc) is 3.02. The SMILES string of the molecule is CCc1cn[nH]c1NC(=O)c1c(C)oc2nc[nH]c(=O)c12. The quantitative estimate of drug-likeness (QED) is 0.672. The number of aromatic nitrogens is 4. The van der Waals surface area contributed by atoms with Gasteiger partial charge in [-0.3, -0.25) is 14.7 Å². The van der Waals surface area contributed by atoms with Crippen molar-refractivity contribution in [3.05, 3.63) is 39.8 Å². The lowest BCUT2D eigenvalue weighted by Gasteiger charge is -2.03. The van der Waals surface area contributed by atoms with E-state index in [1.165, 1.54) is 6.33 Å². The van der Waals surface area contributed by atoms with Gasteiger partial charge in [0.05, 0.1) is 18.1 Å². The number of amides is 1. The summed E-state index contributed by atoms with van der Waals surface area (Å²) in [5, 5.41) is 9.45. The Bertz CT molecular complexity index is 873. The van der Waals surface area contributed by atoms with Crippen molar-refractivity contribution >= 4 is 22.8 Å². The molecule has 0 fully saturated rings. The zero-order valence-corrected chi connectivity index (χ0v) is 11.5. The summed E-state index contributed by atoms with van der Waals surface area (Å²) >= 11 is 0. The first-order valence-electron chi connectivity index (χ1n) is 6.42. The van der Waals surface area contributed by atoms with Crippen LogP contribution in [0.2, 0.25) is 0 Å². The molecule has 3 aromatic heterocycles. The maximum atomic E-state index is 12.4. The first-order chi connectivity index (χ1) is 10.1. The molecule has 0 atom stereocenters. The van der Waals surface area contributed by atoms with Crippen molar-refractivity contribution in [2.45, 2.75) is 20.3 Å². The Morgan fingerprint density at radius 3 is 3.05 bits per heavy atom.